The molecule has 1 amide bonds. The van der Waals surface area contributed by atoms with Gasteiger partial charge in [0.2, 0.25) is 0 Å². The van der Waals surface area contributed by atoms with Crippen LogP contribution in [0.5, 0.6) is 0 Å². The van der Waals surface area contributed by atoms with Crippen molar-refractivity contribution in [2.45, 2.75) is 13.3 Å². The van der Waals surface area contributed by atoms with Gasteiger partial charge in [0.05, 0.1) is 5.69 Å². The fraction of sp³-hybridized carbons (Fsp3) is 0.333. The normalized spacial score (nSPS) is 14.4. The Balaban J connectivity index is 1.34. The Morgan fingerprint density at radius 2 is 1.96 bits per heavy atom. The van der Waals surface area contributed by atoms with E-state index in [4.69, 9.17) is 5.73 Å². The van der Waals surface area contributed by atoms with Gasteiger partial charge < -0.3 is 21.3 Å². The highest BCUT2D eigenvalue weighted by Gasteiger charge is 2.17. The number of aryl methyl sites for hydroxylation is 1. The first kappa shape index (κ1) is 18.7. The minimum absolute atomic E-state index is 0.129. The standard InChI is InChI=1S/C21H25N5OS/c1-14-2-7-17-18(22)19(28-21(17)25-14)20(27)24-9-8-15-3-5-16(6-4-15)26-12-10-23-11-13-26/h2-7,23H,8-13,22H2,1H3,(H,24,27). The molecule has 1 aliphatic heterocycles. The first-order chi connectivity index (χ1) is 13.6. The van der Waals surface area contributed by atoms with Crippen molar-refractivity contribution in [3.05, 3.63) is 52.5 Å². The van der Waals surface area contributed by atoms with Crippen molar-refractivity contribution in [3.8, 4) is 0 Å². The van der Waals surface area contributed by atoms with E-state index in [1.165, 1.54) is 22.6 Å². The van der Waals surface area contributed by atoms with E-state index in [1.807, 2.05) is 19.1 Å². The van der Waals surface area contributed by atoms with E-state index in [2.05, 4.69) is 44.8 Å². The van der Waals surface area contributed by atoms with Crippen molar-refractivity contribution >= 4 is 38.8 Å². The third kappa shape index (κ3) is 3.95. The molecular formula is C21H25N5OS. The number of anilines is 2. The molecule has 28 heavy (non-hydrogen) atoms. The van der Waals surface area contributed by atoms with Crippen molar-refractivity contribution in [3.63, 3.8) is 0 Å². The number of thiophene rings is 1. The highest BCUT2D eigenvalue weighted by Crippen LogP contribution is 2.32. The number of hydrogen-bond acceptors (Lipinski definition) is 6. The van der Waals surface area contributed by atoms with Crippen LogP contribution < -0.4 is 21.3 Å². The van der Waals surface area contributed by atoms with Crippen LogP contribution in [0.3, 0.4) is 0 Å². The van der Waals surface area contributed by atoms with Gasteiger partial charge in [0.1, 0.15) is 9.71 Å². The van der Waals surface area contributed by atoms with Crippen LogP contribution >= 0.6 is 11.3 Å². The number of nitrogens with two attached hydrogens (primary N) is 1. The summed E-state index contributed by atoms with van der Waals surface area (Å²) in [6.07, 6.45) is 0.787. The van der Waals surface area contributed by atoms with Crippen LogP contribution in [0.2, 0.25) is 0 Å². The number of rotatable bonds is 5. The van der Waals surface area contributed by atoms with E-state index in [1.54, 1.807) is 0 Å². The zero-order chi connectivity index (χ0) is 19.5. The monoisotopic (exact) mass is 395 g/mol. The summed E-state index contributed by atoms with van der Waals surface area (Å²) in [5.41, 5.74) is 10.1. The SMILES string of the molecule is Cc1ccc2c(N)c(C(=O)NCCc3ccc(N4CCNCC4)cc3)sc2n1. The largest absolute Gasteiger partial charge is 0.397 e. The van der Waals surface area contributed by atoms with E-state index in [-0.39, 0.29) is 5.91 Å². The number of hydrogen-bond donors (Lipinski definition) is 3. The summed E-state index contributed by atoms with van der Waals surface area (Å²) < 4.78 is 0. The molecule has 1 saturated heterocycles. The number of carbonyl (C=O) groups is 1. The van der Waals surface area contributed by atoms with Crippen molar-refractivity contribution in [2.24, 2.45) is 0 Å². The molecule has 0 unspecified atom stereocenters. The zero-order valence-electron chi connectivity index (χ0n) is 16.0. The zero-order valence-corrected chi connectivity index (χ0v) is 16.8. The van der Waals surface area contributed by atoms with Crippen LogP contribution in [-0.2, 0) is 6.42 Å². The predicted molar refractivity (Wildman–Crippen MR) is 116 cm³/mol. The van der Waals surface area contributed by atoms with Crippen molar-refractivity contribution in [1.29, 1.82) is 0 Å². The number of benzene rings is 1. The molecule has 1 aliphatic rings. The molecule has 0 atom stereocenters. The van der Waals surface area contributed by atoms with Gasteiger partial charge in [-0.05, 0) is 43.2 Å². The van der Waals surface area contributed by atoms with Gasteiger partial charge in [-0.25, -0.2) is 4.98 Å². The smallest absolute Gasteiger partial charge is 0.263 e. The Labute approximate surface area is 168 Å². The van der Waals surface area contributed by atoms with Gasteiger partial charge in [-0.15, -0.1) is 11.3 Å². The molecule has 4 rings (SSSR count). The second-order valence-electron chi connectivity index (χ2n) is 7.06. The fourth-order valence-corrected chi connectivity index (χ4v) is 4.51. The molecule has 0 saturated carbocycles. The Morgan fingerprint density at radius 1 is 1.21 bits per heavy atom. The third-order valence-corrected chi connectivity index (χ3v) is 6.17. The third-order valence-electron chi connectivity index (χ3n) is 5.06. The Bertz CT molecular complexity index is 976. The first-order valence-electron chi connectivity index (χ1n) is 9.60. The number of piperazine rings is 1. The van der Waals surface area contributed by atoms with Gasteiger partial charge in [-0.2, -0.15) is 0 Å². The lowest BCUT2D eigenvalue weighted by Crippen LogP contribution is -2.43. The van der Waals surface area contributed by atoms with Gasteiger partial charge in [-0.3, -0.25) is 4.79 Å². The van der Waals surface area contributed by atoms with E-state index in [0.29, 0.717) is 17.1 Å². The number of nitrogen functional groups attached to an aromatic ring is 1. The maximum Gasteiger partial charge on any atom is 0.263 e. The molecule has 3 heterocycles. The molecule has 0 spiro atoms. The molecule has 146 valence electrons. The minimum atomic E-state index is -0.129. The number of fused-ring (bicyclic) bond motifs is 1. The molecule has 0 aliphatic carbocycles. The number of nitrogens with one attached hydrogen (secondary N) is 2. The molecule has 0 bridgehead atoms. The highest BCUT2D eigenvalue weighted by molar-refractivity contribution is 7.21. The van der Waals surface area contributed by atoms with E-state index < -0.39 is 0 Å². The Morgan fingerprint density at radius 3 is 2.71 bits per heavy atom. The average Bonchev–Trinajstić information content (AvgIpc) is 3.05. The van der Waals surface area contributed by atoms with Crippen molar-refractivity contribution < 1.29 is 4.79 Å². The second kappa shape index (κ2) is 8.16. The molecule has 4 N–H and O–H groups in total. The van der Waals surface area contributed by atoms with Crippen LogP contribution in [-0.4, -0.2) is 43.6 Å². The number of aromatic nitrogens is 1. The van der Waals surface area contributed by atoms with Gasteiger partial charge in [0.15, 0.2) is 0 Å². The highest BCUT2D eigenvalue weighted by atomic mass is 32.1. The van der Waals surface area contributed by atoms with E-state index in [9.17, 15) is 4.79 Å². The molecule has 6 nitrogen and oxygen atoms in total. The first-order valence-corrected chi connectivity index (χ1v) is 10.4. The van der Waals surface area contributed by atoms with Crippen molar-refractivity contribution in [2.75, 3.05) is 43.4 Å². The predicted octanol–water partition coefficient (Wildman–Crippen LogP) is 2.57. The molecule has 7 heteroatoms. The lowest BCUT2D eigenvalue weighted by atomic mass is 10.1. The molecule has 2 aromatic heterocycles. The van der Waals surface area contributed by atoms with Crippen LogP contribution in [0.15, 0.2) is 36.4 Å². The topological polar surface area (TPSA) is 83.3 Å². The van der Waals surface area contributed by atoms with Crippen LogP contribution in [0.4, 0.5) is 11.4 Å². The number of amides is 1. The van der Waals surface area contributed by atoms with Crippen LogP contribution in [0, 0.1) is 6.92 Å². The Hall–Kier alpha value is -2.64. The summed E-state index contributed by atoms with van der Waals surface area (Å²) in [4.78, 5) is 20.8. The maximum absolute atomic E-state index is 12.5. The molecule has 0 radical (unpaired) electrons. The van der Waals surface area contributed by atoms with Crippen molar-refractivity contribution in [1.82, 2.24) is 15.6 Å². The lowest BCUT2D eigenvalue weighted by molar-refractivity contribution is 0.0959. The van der Waals surface area contributed by atoms with E-state index in [0.717, 1.165) is 48.5 Å². The summed E-state index contributed by atoms with van der Waals surface area (Å²) >= 11 is 1.35. The number of nitrogens with zero attached hydrogens (tertiary/aromatic N) is 2. The average molecular weight is 396 g/mol. The summed E-state index contributed by atoms with van der Waals surface area (Å²) in [5.74, 6) is -0.129. The number of carbonyl (C=O) groups excluding carboxylic acids is 1. The molecule has 3 aromatic rings. The van der Waals surface area contributed by atoms with Gasteiger partial charge in [-0.1, -0.05) is 12.1 Å². The van der Waals surface area contributed by atoms with Gasteiger partial charge >= 0.3 is 0 Å². The lowest BCUT2D eigenvalue weighted by Gasteiger charge is -2.29. The van der Waals surface area contributed by atoms with Crippen LogP contribution in [0.1, 0.15) is 20.9 Å². The summed E-state index contributed by atoms with van der Waals surface area (Å²) in [6.45, 7) is 6.66. The number of pyridine rings is 1. The maximum atomic E-state index is 12.5. The quantitative estimate of drug-likeness (QED) is 0.618. The van der Waals surface area contributed by atoms with Gasteiger partial charge in [0, 0.05) is 49.5 Å². The van der Waals surface area contributed by atoms with Gasteiger partial charge in [0.25, 0.3) is 5.91 Å². The Kier molecular flexibility index (Phi) is 5.45. The molecule has 1 aromatic carbocycles. The fourth-order valence-electron chi connectivity index (χ4n) is 3.46. The van der Waals surface area contributed by atoms with E-state index >= 15 is 0 Å². The summed E-state index contributed by atoms with van der Waals surface area (Å²) in [6, 6.07) is 12.5. The second-order valence-corrected chi connectivity index (χ2v) is 8.06. The minimum Gasteiger partial charge on any atom is -0.397 e. The summed E-state index contributed by atoms with van der Waals surface area (Å²) in [5, 5.41) is 7.21. The summed E-state index contributed by atoms with van der Waals surface area (Å²) in [7, 11) is 0. The molecular weight excluding hydrogens is 370 g/mol. The molecule has 1 fully saturated rings. The van der Waals surface area contributed by atoms with Crippen LogP contribution in [0.25, 0.3) is 10.2 Å².